The lowest BCUT2D eigenvalue weighted by Gasteiger charge is -2.25. The Morgan fingerprint density at radius 2 is 1.93 bits per heavy atom. The summed E-state index contributed by atoms with van der Waals surface area (Å²) in [6, 6.07) is -0.610. The number of ketones is 1. The van der Waals surface area contributed by atoms with Crippen molar-refractivity contribution in [3.05, 3.63) is 0 Å². The molecule has 5 nitrogen and oxygen atoms in total. The van der Waals surface area contributed by atoms with E-state index in [1.165, 1.54) is 6.92 Å². The molecule has 2 atom stereocenters. The summed E-state index contributed by atoms with van der Waals surface area (Å²) >= 11 is 0. The Labute approximate surface area is 89.8 Å². The molecule has 0 aliphatic rings. The molecule has 0 aromatic rings. The van der Waals surface area contributed by atoms with Crippen molar-refractivity contribution in [1.29, 1.82) is 0 Å². The summed E-state index contributed by atoms with van der Waals surface area (Å²) in [5.74, 6) is -1.90. The normalized spacial score (nSPS) is 14.8. The second-order valence-electron chi connectivity index (χ2n) is 3.74. The van der Waals surface area contributed by atoms with Crippen LogP contribution in [0.4, 0.5) is 0 Å². The van der Waals surface area contributed by atoms with Gasteiger partial charge in [-0.15, -0.1) is 0 Å². The van der Waals surface area contributed by atoms with Gasteiger partial charge in [-0.1, -0.05) is 13.8 Å². The molecule has 2 N–H and O–H groups in total. The highest BCUT2D eigenvalue weighted by molar-refractivity contribution is 5.98. The van der Waals surface area contributed by atoms with Gasteiger partial charge >= 0.3 is 5.97 Å². The van der Waals surface area contributed by atoms with Gasteiger partial charge in [0, 0.05) is 0 Å². The molecule has 0 aromatic heterocycles. The molecule has 0 heterocycles. The number of carbonyl (C=O) groups excluding carboxylic acids is 2. The maximum atomic E-state index is 11.5. The first kappa shape index (κ1) is 14.1. The number of esters is 1. The highest BCUT2D eigenvalue weighted by Gasteiger charge is 2.35. The number of hydrogen-bond donors (Lipinski definition) is 2. The fourth-order valence-electron chi connectivity index (χ4n) is 1.41. The van der Waals surface area contributed by atoms with Crippen molar-refractivity contribution in [3.8, 4) is 0 Å². The Kier molecular flexibility index (Phi) is 6.12. The van der Waals surface area contributed by atoms with E-state index in [2.05, 4.69) is 0 Å². The molecule has 0 radical (unpaired) electrons. The summed E-state index contributed by atoms with van der Waals surface area (Å²) in [5, 5.41) is 8.92. The van der Waals surface area contributed by atoms with Gasteiger partial charge in [0.2, 0.25) is 0 Å². The molecule has 0 saturated carbocycles. The van der Waals surface area contributed by atoms with Gasteiger partial charge in [-0.05, 0) is 19.8 Å². The van der Waals surface area contributed by atoms with E-state index < -0.39 is 17.9 Å². The minimum absolute atomic E-state index is 0.0479. The fourth-order valence-corrected chi connectivity index (χ4v) is 1.41. The monoisotopic (exact) mass is 217 g/mol. The van der Waals surface area contributed by atoms with E-state index in [1.54, 1.807) is 6.92 Å². The van der Waals surface area contributed by atoms with Gasteiger partial charge in [0.25, 0.3) is 0 Å². The van der Waals surface area contributed by atoms with Crippen LogP contribution in [0.5, 0.6) is 0 Å². The van der Waals surface area contributed by atoms with Crippen molar-refractivity contribution in [2.24, 2.45) is 11.8 Å². The predicted octanol–water partition coefficient (Wildman–Crippen LogP) is 0.758. The molecule has 0 bridgehead atoms. The van der Waals surface area contributed by atoms with Gasteiger partial charge in [-0.2, -0.15) is 0 Å². The van der Waals surface area contributed by atoms with E-state index in [0.29, 0.717) is 0 Å². The lowest BCUT2D eigenvalue weighted by atomic mass is 9.88. The third-order valence-electron chi connectivity index (χ3n) is 2.20. The highest BCUT2D eigenvalue weighted by Crippen LogP contribution is 2.15. The van der Waals surface area contributed by atoms with Gasteiger partial charge in [-0.25, -0.2) is 5.48 Å². The van der Waals surface area contributed by atoms with E-state index in [0.717, 1.165) is 0 Å². The first-order valence-corrected chi connectivity index (χ1v) is 5.02. The molecule has 88 valence electrons. The van der Waals surface area contributed by atoms with E-state index in [-0.39, 0.29) is 18.3 Å². The fraction of sp³-hybridized carbons (Fsp3) is 0.800. The molecule has 0 aliphatic carbocycles. The van der Waals surface area contributed by atoms with E-state index in [1.807, 2.05) is 19.3 Å². The molecule has 0 rings (SSSR count). The van der Waals surface area contributed by atoms with Crippen LogP contribution in [0.1, 0.15) is 27.7 Å². The maximum absolute atomic E-state index is 11.5. The first-order chi connectivity index (χ1) is 6.95. The summed E-state index contributed by atoms with van der Waals surface area (Å²) in [6.45, 7) is 6.82. The van der Waals surface area contributed by atoms with Crippen LogP contribution in [0.2, 0.25) is 0 Å². The molecule has 0 aliphatic heterocycles. The quantitative estimate of drug-likeness (QED) is 0.390. The Hall–Kier alpha value is -0.940. The van der Waals surface area contributed by atoms with Crippen LogP contribution in [0.15, 0.2) is 0 Å². The molecule has 2 unspecified atom stereocenters. The zero-order valence-electron chi connectivity index (χ0n) is 9.61. The number of nitrogens with one attached hydrogen (secondary N) is 1. The maximum Gasteiger partial charge on any atom is 0.318 e. The number of hydroxylamine groups is 1. The average molecular weight is 217 g/mol. The van der Waals surface area contributed by atoms with Crippen LogP contribution in [-0.2, 0) is 14.3 Å². The van der Waals surface area contributed by atoms with Crippen LogP contribution in [0.25, 0.3) is 0 Å². The summed E-state index contributed by atoms with van der Waals surface area (Å²) in [4.78, 5) is 22.8. The van der Waals surface area contributed by atoms with Crippen molar-refractivity contribution in [2.45, 2.75) is 33.7 Å². The third kappa shape index (κ3) is 3.97. The van der Waals surface area contributed by atoms with Crippen molar-refractivity contribution >= 4 is 11.8 Å². The SMILES string of the molecule is CCOC(=O)C(C(C)=O)C(NO)C(C)C. The lowest BCUT2D eigenvalue weighted by molar-refractivity contribution is -0.154. The molecular weight excluding hydrogens is 198 g/mol. The zero-order valence-corrected chi connectivity index (χ0v) is 9.61. The van der Waals surface area contributed by atoms with E-state index in [4.69, 9.17) is 9.94 Å². The van der Waals surface area contributed by atoms with E-state index in [9.17, 15) is 9.59 Å². The second kappa shape index (κ2) is 6.53. The number of rotatable bonds is 6. The van der Waals surface area contributed by atoms with Gasteiger partial charge in [0.05, 0.1) is 12.6 Å². The van der Waals surface area contributed by atoms with Crippen LogP contribution >= 0.6 is 0 Å². The molecular formula is C10H19NO4. The van der Waals surface area contributed by atoms with E-state index >= 15 is 0 Å². The van der Waals surface area contributed by atoms with Gasteiger partial charge in [0.1, 0.15) is 11.7 Å². The van der Waals surface area contributed by atoms with Gasteiger partial charge < -0.3 is 9.94 Å². The largest absolute Gasteiger partial charge is 0.465 e. The predicted molar refractivity (Wildman–Crippen MR) is 54.4 cm³/mol. The average Bonchev–Trinajstić information content (AvgIpc) is 2.12. The van der Waals surface area contributed by atoms with Crippen LogP contribution in [0.3, 0.4) is 0 Å². The molecule has 5 heteroatoms. The molecule has 0 spiro atoms. The summed E-state index contributed by atoms with van der Waals surface area (Å²) in [5.41, 5.74) is 2.00. The number of Topliss-reactive ketones (excluding diaryl/α,β-unsaturated/α-hetero) is 1. The minimum Gasteiger partial charge on any atom is -0.465 e. The second-order valence-corrected chi connectivity index (χ2v) is 3.74. The van der Waals surface area contributed by atoms with Crippen molar-refractivity contribution < 1.29 is 19.5 Å². The molecule has 0 amide bonds. The summed E-state index contributed by atoms with van der Waals surface area (Å²) in [6.07, 6.45) is 0. The first-order valence-electron chi connectivity index (χ1n) is 5.02. The topological polar surface area (TPSA) is 75.6 Å². The van der Waals surface area contributed by atoms with Crippen molar-refractivity contribution in [3.63, 3.8) is 0 Å². The van der Waals surface area contributed by atoms with Crippen LogP contribution < -0.4 is 5.48 Å². The molecule has 0 aromatic carbocycles. The van der Waals surface area contributed by atoms with Crippen molar-refractivity contribution in [1.82, 2.24) is 5.48 Å². The number of hydrogen-bond acceptors (Lipinski definition) is 5. The number of carbonyl (C=O) groups is 2. The summed E-state index contributed by atoms with van der Waals surface area (Å²) in [7, 11) is 0. The Morgan fingerprint density at radius 1 is 1.40 bits per heavy atom. The highest BCUT2D eigenvalue weighted by atomic mass is 16.5. The molecule has 0 fully saturated rings. The number of ether oxygens (including phenoxy) is 1. The standard InChI is InChI=1S/C10H19NO4/c1-5-15-10(13)8(7(4)12)9(11-14)6(2)3/h6,8-9,11,14H,5H2,1-4H3. The Balaban J connectivity index is 4.77. The minimum atomic E-state index is -0.949. The molecule has 0 saturated heterocycles. The summed E-state index contributed by atoms with van der Waals surface area (Å²) < 4.78 is 4.79. The van der Waals surface area contributed by atoms with Crippen molar-refractivity contribution in [2.75, 3.05) is 6.61 Å². The smallest absolute Gasteiger partial charge is 0.318 e. The van der Waals surface area contributed by atoms with Gasteiger partial charge in [0.15, 0.2) is 0 Å². The third-order valence-corrected chi connectivity index (χ3v) is 2.20. The lowest BCUT2D eigenvalue weighted by Crippen LogP contribution is -2.46. The zero-order chi connectivity index (χ0) is 12.0. The Bertz CT molecular complexity index is 227. The van der Waals surface area contributed by atoms with Crippen LogP contribution in [-0.4, -0.2) is 29.6 Å². The Morgan fingerprint density at radius 3 is 2.20 bits per heavy atom. The molecule has 15 heavy (non-hydrogen) atoms. The van der Waals surface area contributed by atoms with Crippen LogP contribution in [0, 0.1) is 11.8 Å². The van der Waals surface area contributed by atoms with Gasteiger partial charge in [-0.3, -0.25) is 9.59 Å².